The molecule has 1 aliphatic heterocycles. The molecule has 2 rings (SSSR count). The summed E-state index contributed by atoms with van der Waals surface area (Å²) in [6, 6.07) is 6.07. The lowest BCUT2D eigenvalue weighted by Gasteiger charge is -2.27. The van der Waals surface area contributed by atoms with Crippen LogP contribution in [0.25, 0.3) is 0 Å². The first-order valence-corrected chi connectivity index (χ1v) is 10.4. The summed E-state index contributed by atoms with van der Waals surface area (Å²) in [5, 5.41) is 6.54. The molecule has 1 heterocycles. The van der Waals surface area contributed by atoms with Gasteiger partial charge in [-0.2, -0.15) is 0 Å². The first-order chi connectivity index (χ1) is 11.4. The Kier molecular flexibility index (Phi) is 7.07. The largest absolute Gasteiger partial charge is 0.355 e. The quantitative estimate of drug-likeness (QED) is 0.769. The molecule has 1 aliphatic rings. The van der Waals surface area contributed by atoms with Crippen molar-refractivity contribution in [1.29, 1.82) is 0 Å². The van der Waals surface area contributed by atoms with Crippen LogP contribution < -0.4 is 10.6 Å². The average molecular weight is 373 g/mol. The lowest BCUT2D eigenvalue weighted by molar-refractivity contribution is -0.122. The van der Waals surface area contributed by atoms with Crippen molar-refractivity contribution in [3.8, 4) is 0 Å². The van der Waals surface area contributed by atoms with Gasteiger partial charge in [-0.1, -0.05) is 18.5 Å². The van der Waals surface area contributed by atoms with Crippen LogP contribution in [0.1, 0.15) is 26.2 Å². The molecule has 134 valence electrons. The lowest BCUT2D eigenvalue weighted by Crippen LogP contribution is -2.34. The molecule has 0 aliphatic carbocycles. The van der Waals surface area contributed by atoms with Crippen molar-refractivity contribution in [1.82, 2.24) is 10.6 Å². The highest BCUT2D eigenvalue weighted by Gasteiger charge is 2.22. The van der Waals surface area contributed by atoms with Crippen LogP contribution >= 0.6 is 11.6 Å². The highest BCUT2D eigenvalue weighted by molar-refractivity contribution is 7.91. The van der Waals surface area contributed by atoms with Gasteiger partial charge in [0.25, 0.3) is 0 Å². The van der Waals surface area contributed by atoms with Crippen LogP contribution in [0.15, 0.2) is 29.2 Å². The Morgan fingerprint density at radius 3 is 2.54 bits per heavy atom. The molecule has 1 aromatic carbocycles. The highest BCUT2D eigenvalue weighted by Crippen LogP contribution is 2.24. The fourth-order valence-electron chi connectivity index (χ4n) is 3.03. The van der Waals surface area contributed by atoms with Crippen molar-refractivity contribution < 1.29 is 13.2 Å². The molecule has 24 heavy (non-hydrogen) atoms. The highest BCUT2D eigenvalue weighted by atomic mass is 35.5. The predicted molar refractivity (Wildman–Crippen MR) is 95.9 cm³/mol. The van der Waals surface area contributed by atoms with Crippen molar-refractivity contribution in [3.05, 3.63) is 29.3 Å². The molecule has 1 amide bonds. The number of rotatable bonds is 7. The van der Waals surface area contributed by atoms with E-state index in [2.05, 4.69) is 17.6 Å². The van der Waals surface area contributed by atoms with E-state index in [0.29, 0.717) is 23.3 Å². The topological polar surface area (TPSA) is 75.3 Å². The predicted octanol–water partition coefficient (Wildman–Crippen LogP) is 2.26. The van der Waals surface area contributed by atoms with Crippen LogP contribution in [-0.2, 0) is 14.6 Å². The molecule has 2 N–H and O–H groups in total. The van der Waals surface area contributed by atoms with Crippen molar-refractivity contribution in [3.63, 3.8) is 0 Å². The molecule has 0 radical (unpaired) electrons. The summed E-state index contributed by atoms with van der Waals surface area (Å²) < 4.78 is 24.4. The molecule has 0 aromatic heterocycles. The molecule has 1 unspecified atom stereocenters. The third-order valence-electron chi connectivity index (χ3n) is 4.56. The Labute approximate surface area is 149 Å². The SMILES string of the molecule is CC(CC(=O)NCCS(=O)(=O)c1ccc(Cl)cc1)C1CCNCC1. The van der Waals surface area contributed by atoms with Gasteiger partial charge >= 0.3 is 0 Å². The van der Waals surface area contributed by atoms with Gasteiger partial charge in [0.1, 0.15) is 0 Å². The number of amides is 1. The summed E-state index contributed by atoms with van der Waals surface area (Å²) in [4.78, 5) is 12.3. The van der Waals surface area contributed by atoms with Gasteiger partial charge in [-0.05, 0) is 62.0 Å². The van der Waals surface area contributed by atoms with Gasteiger partial charge in [-0.3, -0.25) is 4.79 Å². The summed E-state index contributed by atoms with van der Waals surface area (Å²) in [7, 11) is -3.40. The van der Waals surface area contributed by atoms with E-state index in [9.17, 15) is 13.2 Å². The minimum atomic E-state index is -3.40. The summed E-state index contributed by atoms with van der Waals surface area (Å²) in [6.45, 7) is 4.24. The Morgan fingerprint density at radius 1 is 1.29 bits per heavy atom. The summed E-state index contributed by atoms with van der Waals surface area (Å²) >= 11 is 5.76. The average Bonchev–Trinajstić information content (AvgIpc) is 2.56. The van der Waals surface area contributed by atoms with E-state index in [1.807, 2.05) is 0 Å². The van der Waals surface area contributed by atoms with Crippen LogP contribution in [0.4, 0.5) is 0 Å². The second-order valence-corrected chi connectivity index (χ2v) is 8.94. The van der Waals surface area contributed by atoms with E-state index in [4.69, 9.17) is 11.6 Å². The molecule has 7 heteroatoms. The molecule has 0 spiro atoms. The lowest BCUT2D eigenvalue weighted by atomic mass is 9.84. The minimum absolute atomic E-state index is 0.0765. The molecule has 0 bridgehead atoms. The van der Waals surface area contributed by atoms with E-state index in [0.717, 1.165) is 25.9 Å². The number of benzene rings is 1. The van der Waals surface area contributed by atoms with Gasteiger partial charge < -0.3 is 10.6 Å². The Bertz CT molecular complexity index is 640. The number of nitrogens with one attached hydrogen (secondary N) is 2. The third kappa shape index (κ3) is 5.76. The summed E-state index contributed by atoms with van der Waals surface area (Å²) in [5.74, 6) is 0.698. The van der Waals surface area contributed by atoms with Gasteiger partial charge in [0, 0.05) is 18.0 Å². The minimum Gasteiger partial charge on any atom is -0.355 e. The molecule has 5 nitrogen and oxygen atoms in total. The number of halogens is 1. The van der Waals surface area contributed by atoms with Crippen molar-refractivity contribution in [2.45, 2.75) is 31.1 Å². The molecule has 1 atom stereocenters. The van der Waals surface area contributed by atoms with E-state index in [1.165, 1.54) is 12.1 Å². The first-order valence-electron chi connectivity index (χ1n) is 8.34. The summed E-state index contributed by atoms with van der Waals surface area (Å²) in [5.41, 5.74) is 0. The second kappa shape index (κ2) is 8.83. The fourth-order valence-corrected chi connectivity index (χ4v) is 4.31. The molecule has 1 saturated heterocycles. The Balaban J connectivity index is 1.76. The van der Waals surface area contributed by atoms with Crippen molar-refractivity contribution in [2.24, 2.45) is 11.8 Å². The van der Waals surface area contributed by atoms with E-state index in [1.54, 1.807) is 12.1 Å². The van der Waals surface area contributed by atoms with E-state index < -0.39 is 9.84 Å². The van der Waals surface area contributed by atoms with Gasteiger partial charge in [-0.15, -0.1) is 0 Å². The molecule has 1 aromatic rings. The Morgan fingerprint density at radius 2 is 1.92 bits per heavy atom. The maximum absolute atomic E-state index is 12.2. The zero-order valence-corrected chi connectivity index (χ0v) is 15.5. The van der Waals surface area contributed by atoms with Crippen LogP contribution in [0.2, 0.25) is 5.02 Å². The number of sulfone groups is 1. The third-order valence-corrected chi connectivity index (χ3v) is 6.55. The normalized spacial score (nSPS) is 17.4. The van der Waals surface area contributed by atoms with E-state index in [-0.39, 0.29) is 23.1 Å². The number of carbonyl (C=O) groups excluding carboxylic acids is 1. The standard InChI is InChI=1S/C17H25ClN2O3S/c1-13(14-6-8-19-9-7-14)12-17(21)20-10-11-24(22,23)16-4-2-15(18)3-5-16/h2-5,13-14,19H,6-12H2,1H3,(H,20,21). The van der Waals surface area contributed by atoms with Crippen LogP contribution in [0, 0.1) is 11.8 Å². The molecule has 0 saturated carbocycles. The molecular weight excluding hydrogens is 348 g/mol. The van der Waals surface area contributed by atoms with Crippen LogP contribution in [-0.4, -0.2) is 39.7 Å². The zero-order chi connectivity index (χ0) is 17.6. The van der Waals surface area contributed by atoms with Crippen molar-refractivity contribution >= 4 is 27.3 Å². The molecule has 1 fully saturated rings. The monoisotopic (exact) mass is 372 g/mol. The number of hydrogen-bond acceptors (Lipinski definition) is 4. The zero-order valence-electron chi connectivity index (χ0n) is 13.9. The van der Waals surface area contributed by atoms with Crippen molar-refractivity contribution in [2.75, 3.05) is 25.4 Å². The van der Waals surface area contributed by atoms with Gasteiger partial charge in [-0.25, -0.2) is 8.42 Å². The maximum atomic E-state index is 12.2. The van der Waals surface area contributed by atoms with Crippen LogP contribution in [0.5, 0.6) is 0 Å². The van der Waals surface area contributed by atoms with Gasteiger partial charge in [0.05, 0.1) is 10.6 Å². The van der Waals surface area contributed by atoms with E-state index >= 15 is 0 Å². The summed E-state index contributed by atoms with van der Waals surface area (Å²) in [6.07, 6.45) is 2.64. The number of hydrogen-bond donors (Lipinski definition) is 2. The number of piperidine rings is 1. The first kappa shape index (κ1) is 19.2. The molecular formula is C17H25ClN2O3S. The maximum Gasteiger partial charge on any atom is 0.220 e. The fraction of sp³-hybridized carbons (Fsp3) is 0.588. The smallest absolute Gasteiger partial charge is 0.220 e. The van der Waals surface area contributed by atoms with Gasteiger partial charge in [0.2, 0.25) is 5.91 Å². The Hall–Kier alpha value is -1.11. The second-order valence-electron chi connectivity index (χ2n) is 6.39. The number of carbonyl (C=O) groups is 1. The van der Waals surface area contributed by atoms with Crippen LogP contribution in [0.3, 0.4) is 0 Å². The van der Waals surface area contributed by atoms with Gasteiger partial charge in [0.15, 0.2) is 9.84 Å².